The van der Waals surface area contributed by atoms with Gasteiger partial charge in [0.2, 0.25) is 10.0 Å². The molecule has 0 aliphatic carbocycles. The number of nitrogens with zero attached hydrogens (tertiary/aromatic N) is 1. The second kappa shape index (κ2) is 5.28. The van der Waals surface area contributed by atoms with Crippen LogP contribution in [0.1, 0.15) is 19.4 Å². The molecule has 100 valence electrons. The van der Waals surface area contributed by atoms with Gasteiger partial charge in [0.15, 0.2) is 0 Å². The van der Waals surface area contributed by atoms with Crippen molar-refractivity contribution < 1.29 is 8.42 Å². The molecule has 1 N–H and O–H groups in total. The van der Waals surface area contributed by atoms with Gasteiger partial charge in [-0.1, -0.05) is 26.0 Å². The highest BCUT2D eigenvalue weighted by Gasteiger charge is 2.33. The molecule has 18 heavy (non-hydrogen) atoms. The number of benzene rings is 1. The van der Waals surface area contributed by atoms with E-state index in [2.05, 4.69) is 12.2 Å². The molecule has 0 bridgehead atoms. The topological polar surface area (TPSA) is 49.4 Å². The van der Waals surface area contributed by atoms with Crippen LogP contribution in [0.25, 0.3) is 0 Å². The van der Waals surface area contributed by atoms with Gasteiger partial charge in [0.25, 0.3) is 0 Å². The van der Waals surface area contributed by atoms with Gasteiger partial charge in [-0.2, -0.15) is 0 Å². The van der Waals surface area contributed by atoms with Crippen molar-refractivity contribution in [3.05, 3.63) is 29.8 Å². The number of rotatable bonds is 4. The first-order chi connectivity index (χ1) is 8.53. The van der Waals surface area contributed by atoms with E-state index in [4.69, 9.17) is 0 Å². The van der Waals surface area contributed by atoms with E-state index in [-0.39, 0.29) is 11.7 Å². The van der Waals surface area contributed by atoms with Crippen molar-refractivity contribution in [3.8, 4) is 0 Å². The van der Waals surface area contributed by atoms with Crippen LogP contribution in [0, 0.1) is 5.92 Å². The van der Waals surface area contributed by atoms with Gasteiger partial charge in [-0.25, -0.2) is 8.42 Å². The van der Waals surface area contributed by atoms with Gasteiger partial charge in [0.05, 0.1) is 11.4 Å². The van der Waals surface area contributed by atoms with Crippen molar-refractivity contribution in [2.45, 2.75) is 20.4 Å². The highest BCUT2D eigenvalue weighted by atomic mass is 32.2. The molecule has 0 saturated carbocycles. The Morgan fingerprint density at radius 3 is 2.83 bits per heavy atom. The maximum Gasteiger partial charge on any atom is 0.235 e. The third-order valence-electron chi connectivity index (χ3n) is 3.09. The molecule has 1 saturated heterocycles. The predicted molar refractivity (Wildman–Crippen MR) is 74.1 cm³/mol. The van der Waals surface area contributed by atoms with E-state index < -0.39 is 10.0 Å². The van der Waals surface area contributed by atoms with E-state index in [0.717, 1.165) is 24.3 Å². The van der Waals surface area contributed by atoms with Crippen LogP contribution in [0.2, 0.25) is 0 Å². The molecule has 1 aromatic carbocycles. The molecule has 1 aromatic rings. The lowest BCUT2D eigenvalue weighted by Crippen LogP contribution is -2.25. The molecule has 0 amide bonds. The molecule has 1 atom stereocenters. The van der Waals surface area contributed by atoms with Crippen LogP contribution < -0.4 is 9.62 Å². The third kappa shape index (κ3) is 2.84. The summed E-state index contributed by atoms with van der Waals surface area (Å²) in [6, 6.07) is 7.75. The Morgan fingerprint density at radius 1 is 1.44 bits per heavy atom. The summed E-state index contributed by atoms with van der Waals surface area (Å²) in [5, 5.41) is 3.24. The second-order valence-corrected chi connectivity index (χ2v) is 6.80. The minimum Gasteiger partial charge on any atom is -0.313 e. The molecular weight excluding hydrogens is 248 g/mol. The first-order valence-corrected chi connectivity index (χ1v) is 7.94. The van der Waals surface area contributed by atoms with E-state index in [1.165, 1.54) is 4.31 Å². The van der Waals surface area contributed by atoms with Crippen molar-refractivity contribution in [1.29, 1.82) is 0 Å². The van der Waals surface area contributed by atoms with Gasteiger partial charge in [-0.05, 0) is 30.2 Å². The average molecular weight is 268 g/mol. The Morgan fingerprint density at radius 2 is 2.22 bits per heavy atom. The fourth-order valence-corrected chi connectivity index (χ4v) is 4.18. The molecule has 4 nitrogen and oxygen atoms in total. The zero-order valence-corrected chi connectivity index (χ0v) is 11.7. The molecule has 0 radical (unpaired) electrons. The predicted octanol–water partition coefficient (Wildman–Crippen LogP) is 1.58. The van der Waals surface area contributed by atoms with Crippen molar-refractivity contribution in [3.63, 3.8) is 0 Å². The van der Waals surface area contributed by atoms with Crippen molar-refractivity contribution >= 4 is 15.7 Å². The zero-order valence-electron chi connectivity index (χ0n) is 10.9. The van der Waals surface area contributed by atoms with Crippen LogP contribution in [0.15, 0.2) is 24.3 Å². The monoisotopic (exact) mass is 268 g/mol. The van der Waals surface area contributed by atoms with Crippen LogP contribution in [-0.4, -0.2) is 27.3 Å². The summed E-state index contributed by atoms with van der Waals surface area (Å²) < 4.78 is 25.6. The summed E-state index contributed by atoms with van der Waals surface area (Å²) in [5.41, 5.74) is 1.90. The second-order valence-electron chi connectivity index (χ2n) is 4.87. The van der Waals surface area contributed by atoms with E-state index in [1.807, 2.05) is 31.2 Å². The summed E-state index contributed by atoms with van der Waals surface area (Å²) in [6.45, 7) is 6.29. The fourth-order valence-electron chi connectivity index (χ4n) is 2.26. The lowest BCUT2D eigenvalue weighted by Gasteiger charge is -2.18. The lowest BCUT2D eigenvalue weighted by atomic mass is 10.2. The van der Waals surface area contributed by atoms with Gasteiger partial charge < -0.3 is 5.32 Å². The maximum atomic E-state index is 12.0. The van der Waals surface area contributed by atoms with Crippen molar-refractivity contribution in [2.24, 2.45) is 5.92 Å². The average Bonchev–Trinajstić information content (AvgIpc) is 2.60. The Balaban J connectivity index is 2.23. The zero-order chi connectivity index (χ0) is 13.2. The Kier molecular flexibility index (Phi) is 3.92. The Hall–Kier alpha value is -1.07. The van der Waals surface area contributed by atoms with Crippen LogP contribution in [0.5, 0.6) is 0 Å². The van der Waals surface area contributed by atoms with E-state index >= 15 is 0 Å². The SMILES string of the molecule is CCNCc1cccc(N2CC(C)CS2(=O)=O)c1. The fraction of sp³-hybridized carbons (Fsp3) is 0.538. The van der Waals surface area contributed by atoms with Gasteiger partial charge >= 0.3 is 0 Å². The van der Waals surface area contributed by atoms with Crippen LogP contribution in [0.4, 0.5) is 5.69 Å². The molecule has 1 aliphatic heterocycles. The summed E-state index contributed by atoms with van der Waals surface area (Å²) in [4.78, 5) is 0. The molecule has 1 heterocycles. The highest BCUT2D eigenvalue weighted by molar-refractivity contribution is 7.93. The van der Waals surface area contributed by atoms with Gasteiger partial charge in [-0.3, -0.25) is 4.31 Å². The minimum absolute atomic E-state index is 0.201. The minimum atomic E-state index is -3.11. The molecule has 0 spiro atoms. The van der Waals surface area contributed by atoms with Crippen LogP contribution >= 0.6 is 0 Å². The molecular formula is C13H20N2O2S. The van der Waals surface area contributed by atoms with Crippen molar-refractivity contribution in [1.82, 2.24) is 5.32 Å². The number of hydrogen-bond donors (Lipinski definition) is 1. The molecule has 2 rings (SSSR count). The number of sulfonamides is 1. The maximum absolute atomic E-state index is 12.0. The first kappa shape index (κ1) is 13.4. The summed E-state index contributed by atoms with van der Waals surface area (Å²) in [7, 11) is -3.11. The first-order valence-electron chi connectivity index (χ1n) is 6.33. The number of anilines is 1. The van der Waals surface area contributed by atoms with Gasteiger partial charge in [-0.15, -0.1) is 0 Å². The largest absolute Gasteiger partial charge is 0.313 e. The quantitative estimate of drug-likeness (QED) is 0.902. The van der Waals surface area contributed by atoms with Gasteiger partial charge in [0, 0.05) is 13.1 Å². The smallest absolute Gasteiger partial charge is 0.235 e. The lowest BCUT2D eigenvalue weighted by molar-refractivity contribution is 0.598. The normalized spacial score (nSPS) is 22.3. The number of hydrogen-bond acceptors (Lipinski definition) is 3. The van der Waals surface area contributed by atoms with Crippen LogP contribution in [-0.2, 0) is 16.6 Å². The van der Waals surface area contributed by atoms with Gasteiger partial charge in [0.1, 0.15) is 0 Å². The summed E-state index contributed by atoms with van der Waals surface area (Å²) >= 11 is 0. The molecule has 1 unspecified atom stereocenters. The molecule has 1 fully saturated rings. The molecule has 1 aliphatic rings. The number of nitrogens with one attached hydrogen (secondary N) is 1. The summed E-state index contributed by atoms with van der Waals surface area (Å²) in [6.07, 6.45) is 0. The van der Waals surface area contributed by atoms with Crippen LogP contribution in [0.3, 0.4) is 0 Å². The third-order valence-corrected chi connectivity index (χ3v) is 5.11. The van der Waals surface area contributed by atoms with E-state index in [1.54, 1.807) is 0 Å². The summed E-state index contributed by atoms with van der Waals surface area (Å²) in [5.74, 6) is 0.456. The molecule has 5 heteroatoms. The molecule has 0 aromatic heterocycles. The van der Waals surface area contributed by atoms with E-state index in [0.29, 0.717) is 6.54 Å². The van der Waals surface area contributed by atoms with Crippen molar-refractivity contribution in [2.75, 3.05) is 23.1 Å². The standard InChI is InChI=1S/C13H20N2O2S/c1-3-14-8-12-5-4-6-13(7-12)15-9-11(2)10-18(15,16)17/h4-7,11,14H,3,8-10H2,1-2H3. The highest BCUT2D eigenvalue weighted by Crippen LogP contribution is 2.27. The van der Waals surface area contributed by atoms with E-state index in [9.17, 15) is 8.42 Å². The Bertz CT molecular complexity index is 513. The Labute approximate surface area is 109 Å².